The molecule has 1 aliphatic rings. The Hall–Kier alpha value is -3.52. The fourth-order valence-corrected chi connectivity index (χ4v) is 5.02. The van der Waals surface area contributed by atoms with E-state index >= 15 is 0 Å². The average molecular weight is 453 g/mol. The summed E-state index contributed by atoms with van der Waals surface area (Å²) in [6.07, 6.45) is -0.272. The standard InChI is InChI=1S/C24H24N2O5S/c1-17-7-3-5-9-22(17)30-16-24(27)25-19-11-13-20(14-12-19)32(28,29)26-15-18(2)31-23-10-6-4-8-21(23)26/h3-14,18H,15-16H2,1-2H3,(H,25,27). The third-order valence-corrected chi connectivity index (χ3v) is 6.86. The lowest BCUT2D eigenvalue weighted by Crippen LogP contribution is -2.42. The minimum absolute atomic E-state index is 0.135. The molecule has 1 atom stereocenters. The Morgan fingerprint density at radius 2 is 1.75 bits per heavy atom. The van der Waals surface area contributed by atoms with Gasteiger partial charge >= 0.3 is 0 Å². The van der Waals surface area contributed by atoms with Gasteiger partial charge in [-0.3, -0.25) is 9.10 Å². The summed E-state index contributed by atoms with van der Waals surface area (Å²) in [6, 6.07) is 20.6. The Bertz CT molecular complexity index is 1230. The van der Waals surface area contributed by atoms with E-state index in [1.807, 2.05) is 38.1 Å². The van der Waals surface area contributed by atoms with Gasteiger partial charge in [-0.2, -0.15) is 0 Å². The predicted molar refractivity (Wildman–Crippen MR) is 123 cm³/mol. The van der Waals surface area contributed by atoms with E-state index in [1.54, 1.807) is 36.4 Å². The predicted octanol–water partition coefficient (Wildman–Crippen LogP) is 3.99. The van der Waals surface area contributed by atoms with Crippen molar-refractivity contribution in [3.8, 4) is 11.5 Å². The van der Waals surface area contributed by atoms with E-state index in [1.165, 1.54) is 16.4 Å². The highest BCUT2D eigenvalue weighted by atomic mass is 32.2. The normalized spacial score (nSPS) is 15.4. The van der Waals surface area contributed by atoms with Crippen molar-refractivity contribution in [2.45, 2.75) is 24.8 Å². The maximum absolute atomic E-state index is 13.3. The van der Waals surface area contributed by atoms with Gasteiger partial charge in [0.25, 0.3) is 15.9 Å². The molecule has 8 heteroatoms. The van der Waals surface area contributed by atoms with Crippen LogP contribution in [0.25, 0.3) is 0 Å². The number of hydrogen-bond acceptors (Lipinski definition) is 5. The molecule has 1 unspecified atom stereocenters. The molecule has 0 aliphatic carbocycles. The van der Waals surface area contributed by atoms with Crippen molar-refractivity contribution >= 4 is 27.3 Å². The Morgan fingerprint density at radius 3 is 2.50 bits per heavy atom. The number of carbonyl (C=O) groups excluding carboxylic acids is 1. The zero-order valence-electron chi connectivity index (χ0n) is 17.8. The highest BCUT2D eigenvalue weighted by Crippen LogP contribution is 2.36. The van der Waals surface area contributed by atoms with Crippen LogP contribution in [0.3, 0.4) is 0 Å². The van der Waals surface area contributed by atoms with E-state index in [-0.39, 0.29) is 30.1 Å². The highest BCUT2D eigenvalue weighted by Gasteiger charge is 2.32. The molecule has 166 valence electrons. The van der Waals surface area contributed by atoms with E-state index in [0.29, 0.717) is 22.9 Å². The summed E-state index contributed by atoms with van der Waals surface area (Å²) in [5.41, 5.74) is 1.93. The molecule has 1 aliphatic heterocycles. The molecule has 0 spiro atoms. The molecule has 0 aromatic heterocycles. The molecule has 3 aromatic carbocycles. The molecular weight excluding hydrogens is 428 g/mol. The first-order valence-corrected chi connectivity index (χ1v) is 11.7. The Kier molecular flexibility index (Phi) is 6.05. The number of nitrogens with one attached hydrogen (secondary N) is 1. The number of nitrogens with zero attached hydrogens (tertiary/aromatic N) is 1. The number of amides is 1. The molecule has 1 amide bonds. The number of ether oxygens (including phenoxy) is 2. The van der Waals surface area contributed by atoms with Gasteiger partial charge in [0.05, 0.1) is 17.1 Å². The van der Waals surface area contributed by atoms with E-state index in [0.717, 1.165) is 5.56 Å². The molecule has 3 aromatic rings. The monoisotopic (exact) mass is 452 g/mol. The van der Waals surface area contributed by atoms with Crippen molar-refractivity contribution in [2.24, 2.45) is 0 Å². The summed E-state index contributed by atoms with van der Waals surface area (Å²) in [7, 11) is -3.79. The van der Waals surface area contributed by atoms with Crippen LogP contribution in [-0.4, -0.2) is 33.6 Å². The van der Waals surface area contributed by atoms with E-state index < -0.39 is 10.0 Å². The number of rotatable bonds is 6. The molecule has 0 fully saturated rings. The number of hydrogen-bond donors (Lipinski definition) is 1. The molecule has 0 radical (unpaired) electrons. The van der Waals surface area contributed by atoms with Crippen molar-refractivity contribution < 1.29 is 22.7 Å². The molecule has 0 saturated heterocycles. The van der Waals surface area contributed by atoms with Gasteiger partial charge in [-0.1, -0.05) is 30.3 Å². The smallest absolute Gasteiger partial charge is 0.264 e. The van der Waals surface area contributed by atoms with Gasteiger partial charge in [-0.25, -0.2) is 8.42 Å². The lowest BCUT2D eigenvalue weighted by Gasteiger charge is -2.34. The van der Waals surface area contributed by atoms with Crippen molar-refractivity contribution in [3.63, 3.8) is 0 Å². The van der Waals surface area contributed by atoms with Gasteiger partial charge < -0.3 is 14.8 Å². The molecule has 4 rings (SSSR count). The van der Waals surface area contributed by atoms with Crippen LogP contribution in [0.2, 0.25) is 0 Å². The van der Waals surface area contributed by atoms with E-state index in [9.17, 15) is 13.2 Å². The van der Waals surface area contributed by atoms with Gasteiger partial charge in [0.2, 0.25) is 0 Å². The summed E-state index contributed by atoms with van der Waals surface area (Å²) in [4.78, 5) is 12.4. The number of sulfonamides is 1. The second kappa shape index (κ2) is 8.92. The van der Waals surface area contributed by atoms with Crippen LogP contribution in [0, 0.1) is 6.92 Å². The van der Waals surface area contributed by atoms with Gasteiger partial charge in [-0.15, -0.1) is 0 Å². The van der Waals surface area contributed by atoms with Gasteiger partial charge in [0.1, 0.15) is 17.6 Å². The molecule has 1 N–H and O–H groups in total. The minimum atomic E-state index is -3.79. The van der Waals surface area contributed by atoms with Crippen LogP contribution in [0.4, 0.5) is 11.4 Å². The maximum Gasteiger partial charge on any atom is 0.264 e. The molecule has 0 bridgehead atoms. The quantitative estimate of drug-likeness (QED) is 0.611. The molecule has 32 heavy (non-hydrogen) atoms. The molecule has 1 heterocycles. The molecule has 7 nitrogen and oxygen atoms in total. The average Bonchev–Trinajstić information content (AvgIpc) is 2.78. The summed E-state index contributed by atoms with van der Waals surface area (Å²) in [5, 5.41) is 2.72. The first kappa shape index (κ1) is 21.7. The third kappa shape index (κ3) is 4.55. The second-order valence-corrected chi connectivity index (χ2v) is 9.42. The summed E-state index contributed by atoms with van der Waals surface area (Å²) < 4.78 is 39.2. The summed E-state index contributed by atoms with van der Waals surface area (Å²) in [6.45, 7) is 3.80. The fraction of sp³-hybridized carbons (Fsp3) is 0.208. The maximum atomic E-state index is 13.3. The lowest BCUT2D eigenvalue weighted by molar-refractivity contribution is -0.118. The number of fused-ring (bicyclic) bond motifs is 1. The summed E-state index contributed by atoms with van der Waals surface area (Å²) >= 11 is 0. The van der Waals surface area contributed by atoms with Gasteiger partial charge in [-0.05, 0) is 61.9 Å². The molecular formula is C24H24N2O5S. The van der Waals surface area contributed by atoms with Crippen molar-refractivity contribution in [1.82, 2.24) is 0 Å². The van der Waals surface area contributed by atoms with Crippen molar-refractivity contribution in [3.05, 3.63) is 78.4 Å². The third-order valence-electron chi connectivity index (χ3n) is 5.06. The zero-order chi connectivity index (χ0) is 22.7. The Balaban J connectivity index is 1.45. The van der Waals surface area contributed by atoms with E-state index in [2.05, 4.69) is 5.32 Å². The van der Waals surface area contributed by atoms with Gasteiger partial charge in [0.15, 0.2) is 6.61 Å². The SMILES string of the molecule is Cc1ccccc1OCC(=O)Nc1ccc(S(=O)(=O)N2CC(C)Oc3ccccc32)cc1. The minimum Gasteiger partial charge on any atom is -0.487 e. The van der Waals surface area contributed by atoms with Crippen LogP contribution in [0.5, 0.6) is 11.5 Å². The second-order valence-electron chi connectivity index (χ2n) is 7.56. The first-order valence-electron chi connectivity index (χ1n) is 10.2. The number of anilines is 2. The Morgan fingerprint density at radius 1 is 1.06 bits per heavy atom. The number of aryl methyl sites for hydroxylation is 1. The van der Waals surface area contributed by atoms with Crippen LogP contribution < -0.4 is 19.1 Å². The number of para-hydroxylation sites is 3. The van der Waals surface area contributed by atoms with Crippen LogP contribution in [0.15, 0.2) is 77.7 Å². The number of carbonyl (C=O) groups is 1. The fourth-order valence-electron chi connectivity index (χ4n) is 3.47. The molecule has 0 saturated carbocycles. The first-order chi connectivity index (χ1) is 15.3. The topological polar surface area (TPSA) is 84.9 Å². The van der Waals surface area contributed by atoms with Crippen LogP contribution >= 0.6 is 0 Å². The highest BCUT2D eigenvalue weighted by molar-refractivity contribution is 7.92. The number of benzene rings is 3. The van der Waals surface area contributed by atoms with E-state index in [4.69, 9.17) is 9.47 Å². The zero-order valence-corrected chi connectivity index (χ0v) is 18.6. The summed E-state index contributed by atoms with van der Waals surface area (Å²) in [5.74, 6) is 0.844. The van der Waals surface area contributed by atoms with Crippen LogP contribution in [-0.2, 0) is 14.8 Å². The van der Waals surface area contributed by atoms with Gasteiger partial charge in [0, 0.05) is 5.69 Å². The largest absolute Gasteiger partial charge is 0.487 e. The van der Waals surface area contributed by atoms with Crippen molar-refractivity contribution in [2.75, 3.05) is 22.8 Å². The lowest BCUT2D eigenvalue weighted by atomic mass is 10.2. The van der Waals surface area contributed by atoms with Crippen molar-refractivity contribution in [1.29, 1.82) is 0 Å². The Labute approximate surface area is 187 Å². The van der Waals surface area contributed by atoms with Crippen LogP contribution in [0.1, 0.15) is 12.5 Å².